The fourth-order valence-electron chi connectivity index (χ4n) is 2.40. The van der Waals surface area contributed by atoms with Gasteiger partial charge in [-0.2, -0.15) is 0 Å². The van der Waals surface area contributed by atoms with Crippen LogP contribution >= 0.6 is 0 Å². The number of benzene rings is 1. The van der Waals surface area contributed by atoms with Gasteiger partial charge in [0.15, 0.2) is 0 Å². The highest BCUT2D eigenvalue weighted by Gasteiger charge is 2.27. The van der Waals surface area contributed by atoms with Gasteiger partial charge in [-0.1, -0.05) is 37.5 Å². The number of para-hydroxylation sites is 1. The molecule has 1 aromatic rings. The summed E-state index contributed by atoms with van der Waals surface area (Å²) in [6.07, 6.45) is 4.53. The van der Waals surface area contributed by atoms with Gasteiger partial charge in [0.25, 0.3) is 5.91 Å². The predicted octanol–water partition coefficient (Wildman–Crippen LogP) is 2.57. The highest BCUT2D eigenvalue weighted by molar-refractivity contribution is 5.94. The number of anilines is 1. The molecular weight excluding hydrogens is 214 g/mol. The van der Waals surface area contributed by atoms with Crippen LogP contribution in [0.4, 0.5) is 5.69 Å². The lowest BCUT2D eigenvalue weighted by molar-refractivity contribution is -0.127. The molecule has 0 radical (unpaired) electrons. The lowest BCUT2D eigenvalue weighted by Crippen LogP contribution is -2.35. The van der Waals surface area contributed by atoms with Gasteiger partial charge in [0.1, 0.15) is 6.10 Å². The van der Waals surface area contributed by atoms with Crippen LogP contribution in [0, 0.1) is 5.92 Å². The summed E-state index contributed by atoms with van der Waals surface area (Å²) in [5.74, 6) is -0.143. The van der Waals surface area contributed by atoms with E-state index in [2.05, 4.69) is 5.32 Å². The number of hydrogen-bond donors (Lipinski definition) is 2. The molecule has 92 valence electrons. The topological polar surface area (TPSA) is 49.3 Å². The third kappa shape index (κ3) is 3.30. The normalized spacial score (nSPS) is 18.6. The van der Waals surface area contributed by atoms with Crippen molar-refractivity contribution in [2.75, 3.05) is 5.32 Å². The first-order chi connectivity index (χ1) is 8.27. The molecule has 2 N–H and O–H groups in total. The lowest BCUT2D eigenvalue weighted by Gasteiger charge is -2.25. The lowest BCUT2D eigenvalue weighted by atomic mass is 9.85. The Morgan fingerprint density at radius 2 is 1.82 bits per heavy atom. The fraction of sp³-hybridized carbons (Fsp3) is 0.500. The number of carbonyl (C=O) groups is 1. The van der Waals surface area contributed by atoms with Crippen LogP contribution in [0.15, 0.2) is 30.3 Å². The van der Waals surface area contributed by atoms with Gasteiger partial charge < -0.3 is 10.4 Å². The van der Waals surface area contributed by atoms with Gasteiger partial charge in [0.05, 0.1) is 0 Å². The van der Waals surface area contributed by atoms with Crippen molar-refractivity contribution in [3.8, 4) is 0 Å². The van der Waals surface area contributed by atoms with E-state index in [-0.39, 0.29) is 11.8 Å². The molecule has 1 aliphatic carbocycles. The van der Waals surface area contributed by atoms with Crippen LogP contribution in [0.1, 0.15) is 32.1 Å². The van der Waals surface area contributed by atoms with Gasteiger partial charge in [-0.15, -0.1) is 0 Å². The minimum Gasteiger partial charge on any atom is -0.383 e. The largest absolute Gasteiger partial charge is 0.383 e. The third-order valence-corrected chi connectivity index (χ3v) is 3.41. The van der Waals surface area contributed by atoms with Crippen molar-refractivity contribution >= 4 is 11.6 Å². The second-order valence-corrected chi connectivity index (χ2v) is 4.70. The molecule has 0 bridgehead atoms. The summed E-state index contributed by atoms with van der Waals surface area (Å²) in [7, 11) is 0. The average molecular weight is 233 g/mol. The molecule has 0 heterocycles. The highest BCUT2D eigenvalue weighted by Crippen LogP contribution is 2.27. The molecule has 1 fully saturated rings. The summed E-state index contributed by atoms with van der Waals surface area (Å²) in [4.78, 5) is 11.9. The minimum absolute atomic E-state index is 0.132. The van der Waals surface area contributed by atoms with Gasteiger partial charge >= 0.3 is 0 Å². The molecule has 2 rings (SSSR count). The van der Waals surface area contributed by atoms with Gasteiger partial charge in [-0.25, -0.2) is 0 Å². The van der Waals surface area contributed by atoms with E-state index in [4.69, 9.17) is 0 Å². The molecule has 3 heteroatoms. The van der Waals surface area contributed by atoms with Crippen molar-refractivity contribution in [1.82, 2.24) is 0 Å². The molecule has 0 spiro atoms. The first kappa shape index (κ1) is 12.1. The Labute approximate surface area is 102 Å². The Bertz CT molecular complexity index is 358. The van der Waals surface area contributed by atoms with Crippen LogP contribution in [-0.2, 0) is 4.79 Å². The SMILES string of the molecule is O=C(Nc1ccccc1)[C@H](O)C1CCCCC1. The van der Waals surface area contributed by atoms with Gasteiger partial charge in [-0.3, -0.25) is 4.79 Å². The Balaban J connectivity index is 1.90. The average Bonchev–Trinajstić information content (AvgIpc) is 2.40. The second kappa shape index (κ2) is 5.82. The van der Waals surface area contributed by atoms with Crippen molar-refractivity contribution < 1.29 is 9.90 Å². The highest BCUT2D eigenvalue weighted by atomic mass is 16.3. The summed E-state index contributed by atoms with van der Waals surface area (Å²) in [5.41, 5.74) is 0.743. The zero-order chi connectivity index (χ0) is 12.1. The summed E-state index contributed by atoms with van der Waals surface area (Å²) < 4.78 is 0. The van der Waals surface area contributed by atoms with Gasteiger partial charge in [0.2, 0.25) is 0 Å². The minimum atomic E-state index is -0.865. The molecule has 0 unspecified atom stereocenters. The molecule has 0 saturated heterocycles. The first-order valence-electron chi connectivity index (χ1n) is 6.31. The first-order valence-corrected chi connectivity index (χ1v) is 6.31. The van der Waals surface area contributed by atoms with E-state index < -0.39 is 6.10 Å². The molecule has 17 heavy (non-hydrogen) atoms. The zero-order valence-corrected chi connectivity index (χ0v) is 9.93. The van der Waals surface area contributed by atoms with Crippen LogP contribution in [0.3, 0.4) is 0 Å². The van der Waals surface area contributed by atoms with Crippen molar-refractivity contribution in [3.05, 3.63) is 30.3 Å². The number of rotatable bonds is 3. The molecule has 1 aliphatic rings. The molecule has 1 saturated carbocycles. The predicted molar refractivity (Wildman–Crippen MR) is 67.7 cm³/mol. The fourth-order valence-corrected chi connectivity index (χ4v) is 2.40. The Morgan fingerprint density at radius 1 is 1.18 bits per heavy atom. The summed E-state index contributed by atoms with van der Waals surface area (Å²) in [5, 5.41) is 12.7. The van der Waals surface area contributed by atoms with E-state index in [1.54, 1.807) is 0 Å². The molecule has 0 aliphatic heterocycles. The Morgan fingerprint density at radius 3 is 2.47 bits per heavy atom. The molecular formula is C14H19NO2. The van der Waals surface area contributed by atoms with E-state index in [0.717, 1.165) is 31.4 Å². The number of hydrogen-bond acceptors (Lipinski definition) is 2. The monoisotopic (exact) mass is 233 g/mol. The van der Waals surface area contributed by atoms with Gasteiger partial charge in [-0.05, 0) is 30.9 Å². The number of aliphatic hydroxyl groups excluding tert-OH is 1. The molecule has 0 aromatic heterocycles. The van der Waals surface area contributed by atoms with Crippen LogP contribution < -0.4 is 5.32 Å². The molecule has 1 atom stereocenters. The molecule has 3 nitrogen and oxygen atoms in total. The molecule has 1 amide bonds. The van der Waals surface area contributed by atoms with Crippen LogP contribution in [0.5, 0.6) is 0 Å². The van der Waals surface area contributed by atoms with Crippen LogP contribution in [0.2, 0.25) is 0 Å². The third-order valence-electron chi connectivity index (χ3n) is 3.41. The van der Waals surface area contributed by atoms with E-state index in [0.29, 0.717) is 0 Å². The van der Waals surface area contributed by atoms with Crippen molar-refractivity contribution in [3.63, 3.8) is 0 Å². The Hall–Kier alpha value is -1.35. The summed E-state index contributed by atoms with van der Waals surface area (Å²) >= 11 is 0. The number of nitrogens with one attached hydrogen (secondary N) is 1. The second-order valence-electron chi connectivity index (χ2n) is 4.70. The number of aliphatic hydroxyl groups is 1. The van der Waals surface area contributed by atoms with Crippen LogP contribution in [0.25, 0.3) is 0 Å². The number of amides is 1. The van der Waals surface area contributed by atoms with E-state index in [1.807, 2.05) is 30.3 Å². The number of carbonyl (C=O) groups excluding carboxylic acids is 1. The zero-order valence-electron chi connectivity index (χ0n) is 9.93. The quantitative estimate of drug-likeness (QED) is 0.843. The van der Waals surface area contributed by atoms with E-state index >= 15 is 0 Å². The summed E-state index contributed by atoms with van der Waals surface area (Å²) in [6.45, 7) is 0. The maximum absolute atomic E-state index is 11.9. The summed E-state index contributed by atoms with van der Waals surface area (Å²) in [6, 6.07) is 9.27. The standard InChI is InChI=1S/C14H19NO2/c16-13(11-7-3-1-4-8-11)14(17)15-12-9-5-2-6-10-12/h2,5-6,9-11,13,16H,1,3-4,7-8H2,(H,15,17)/t13-/m1/s1. The molecule has 1 aromatic carbocycles. The maximum Gasteiger partial charge on any atom is 0.253 e. The Kier molecular flexibility index (Phi) is 4.15. The van der Waals surface area contributed by atoms with Crippen molar-refractivity contribution in [1.29, 1.82) is 0 Å². The van der Waals surface area contributed by atoms with Crippen LogP contribution in [-0.4, -0.2) is 17.1 Å². The maximum atomic E-state index is 11.9. The smallest absolute Gasteiger partial charge is 0.253 e. The van der Waals surface area contributed by atoms with Gasteiger partial charge in [0, 0.05) is 5.69 Å². The van der Waals surface area contributed by atoms with Crippen molar-refractivity contribution in [2.45, 2.75) is 38.2 Å². The van der Waals surface area contributed by atoms with E-state index in [1.165, 1.54) is 6.42 Å². The van der Waals surface area contributed by atoms with E-state index in [9.17, 15) is 9.90 Å². The van der Waals surface area contributed by atoms with Crippen molar-refractivity contribution in [2.24, 2.45) is 5.92 Å².